The van der Waals surface area contributed by atoms with Gasteiger partial charge in [0, 0.05) is 12.1 Å². The van der Waals surface area contributed by atoms with Gasteiger partial charge >= 0.3 is 5.97 Å². The van der Waals surface area contributed by atoms with E-state index in [0.717, 1.165) is 18.4 Å². The average Bonchev–Trinajstić information content (AvgIpc) is 2.53. The summed E-state index contributed by atoms with van der Waals surface area (Å²) in [4.78, 5) is 25.8. The lowest BCUT2D eigenvalue weighted by Gasteiger charge is -2.38. The maximum atomic E-state index is 12.0. The zero-order valence-corrected chi connectivity index (χ0v) is 14.2. The van der Waals surface area contributed by atoms with Crippen molar-refractivity contribution >= 4 is 11.9 Å². The summed E-state index contributed by atoms with van der Waals surface area (Å²) >= 11 is 0. The van der Waals surface area contributed by atoms with Crippen LogP contribution in [0, 0.1) is 0 Å². The second-order valence-electron chi connectivity index (χ2n) is 5.92. The molecular weight excluding hydrogens is 292 g/mol. The second-order valence-corrected chi connectivity index (χ2v) is 5.92. The van der Waals surface area contributed by atoms with Crippen molar-refractivity contribution in [2.24, 2.45) is 0 Å². The molecule has 128 valence electrons. The van der Waals surface area contributed by atoms with Crippen LogP contribution in [0.15, 0.2) is 37.0 Å². The number of carbonyl (C=O) groups is 2. The van der Waals surface area contributed by atoms with E-state index in [-0.39, 0.29) is 19.1 Å². The van der Waals surface area contributed by atoms with E-state index in [0.29, 0.717) is 18.6 Å². The molecule has 0 saturated carbocycles. The average molecular weight is 320 g/mol. The first-order valence-corrected chi connectivity index (χ1v) is 8.10. The normalized spacial score (nSPS) is 22.3. The highest BCUT2D eigenvalue weighted by Crippen LogP contribution is 2.21. The van der Waals surface area contributed by atoms with Gasteiger partial charge in [0.2, 0.25) is 5.91 Å². The molecule has 1 aliphatic rings. The van der Waals surface area contributed by atoms with Crippen molar-refractivity contribution in [3.63, 3.8) is 0 Å². The molecule has 1 N–H and O–H groups in total. The zero-order valence-electron chi connectivity index (χ0n) is 14.2. The zero-order chi connectivity index (χ0) is 17.2. The van der Waals surface area contributed by atoms with Crippen LogP contribution in [0.1, 0.15) is 33.1 Å². The third-order valence-electron chi connectivity index (χ3n) is 4.13. The summed E-state index contributed by atoms with van der Waals surface area (Å²) in [7, 11) is 0. The first kappa shape index (κ1) is 19.2. The van der Waals surface area contributed by atoms with Crippen molar-refractivity contribution in [2.75, 3.05) is 19.7 Å². The Morgan fingerprint density at radius 1 is 1.26 bits per heavy atom. The van der Waals surface area contributed by atoms with Crippen LogP contribution in [-0.2, 0) is 14.3 Å². The minimum Gasteiger partial charge on any atom is -0.460 e. The number of hydrogen-bond acceptors (Lipinski definition) is 4. The molecule has 0 aromatic rings. The van der Waals surface area contributed by atoms with Gasteiger partial charge in [-0.3, -0.25) is 14.5 Å². The van der Waals surface area contributed by atoms with Gasteiger partial charge in [-0.2, -0.15) is 0 Å². The van der Waals surface area contributed by atoms with Crippen LogP contribution in [0.5, 0.6) is 0 Å². The fourth-order valence-corrected chi connectivity index (χ4v) is 2.72. The number of esters is 1. The quantitative estimate of drug-likeness (QED) is 0.550. The molecule has 2 atom stereocenters. The Hall–Kier alpha value is -1.88. The molecule has 2 unspecified atom stereocenters. The summed E-state index contributed by atoms with van der Waals surface area (Å²) < 4.78 is 5.08. The summed E-state index contributed by atoms with van der Waals surface area (Å²) in [5.41, 5.74) is 0.760. The lowest BCUT2D eigenvalue weighted by Crippen LogP contribution is -2.49. The van der Waals surface area contributed by atoms with Crippen molar-refractivity contribution in [2.45, 2.75) is 45.2 Å². The number of hydrogen-bond donors (Lipinski definition) is 1. The van der Waals surface area contributed by atoms with Gasteiger partial charge in [0.15, 0.2) is 0 Å². The SMILES string of the molecule is C=C/C=C(\C=C)COC(=O)CNC(=O)CN1C(C)CCCC1C. The molecule has 1 saturated heterocycles. The molecule has 5 heteroatoms. The van der Waals surface area contributed by atoms with Crippen LogP contribution >= 0.6 is 0 Å². The predicted molar refractivity (Wildman–Crippen MR) is 91.9 cm³/mol. The van der Waals surface area contributed by atoms with E-state index >= 15 is 0 Å². The summed E-state index contributed by atoms with van der Waals surface area (Å²) in [5.74, 6) is -0.608. The number of ether oxygens (including phenoxy) is 1. The first-order valence-electron chi connectivity index (χ1n) is 8.10. The Balaban J connectivity index is 2.32. The Kier molecular flexibility index (Phi) is 8.33. The fraction of sp³-hybridized carbons (Fsp3) is 0.556. The number of nitrogens with zero attached hydrogens (tertiary/aromatic N) is 1. The van der Waals surface area contributed by atoms with Gasteiger partial charge in [-0.1, -0.05) is 37.8 Å². The Labute approximate surface area is 139 Å². The molecule has 0 aliphatic carbocycles. The number of nitrogens with one attached hydrogen (secondary N) is 1. The minimum absolute atomic E-state index is 0.117. The van der Waals surface area contributed by atoms with Crippen LogP contribution in [0.25, 0.3) is 0 Å². The molecule has 0 aromatic heterocycles. The molecule has 0 radical (unpaired) electrons. The molecule has 0 aromatic carbocycles. The van der Waals surface area contributed by atoms with Crippen LogP contribution in [-0.4, -0.2) is 48.6 Å². The highest BCUT2D eigenvalue weighted by atomic mass is 16.5. The number of amides is 1. The van der Waals surface area contributed by atoms with Crippen LogP contribution in [0.2, 0.25) is 0 Å². The Bertz CT molecular complexity index is 461. The highest BCUT2D eigenvalue weighted by Gasteiger charge is 2.26. The maximum Gasteiger partial charge on any atom is 0.325 e. The Morgan fingerprint density at radius 3 is 2.48 bits per heavy atom. The summed E-state index contributed by atoms with van der Waals surface area (Å²) in [6.45, 7) is 11.8. The van der Waals surface area contributed by atoms with Gasteiger partial charge in [0.1, 0.15) is 13.2 Å². The Morgan fingerprint density at radius 2 is 1.91 bits per heavy atom. The van der Waals surface area contributed by atoms with Gasteiger partial charge in [-0.15, -0.1) is 0 Å². The summed E-state index contributed by atoms with van der Waals surface area (Å²) in [6, 6.07) is 0.797. The molecule has 1 aliphatic heterocycles. The van der Waals surface area contributed by atoms with E-state index in [4.69, 9.17) is 4.74 Å². The first-order chi connectivity index (χ1) is 11.0. The van der Waals surface area contributed by atoms with E-state index < -0.39 is 5.97 Å². The molecule has 1 fully saturated rings. The monoisotopic (exact) mass is 320 g/mol. The largest absolute Gasteiger partial charge is 0.460 e. The molecule has 1 rings (SSSR count). The molecule has 0 bridgehead atoms. The molecule has 0 spiro atoms. The second kappa shape index (κ2) is 10.0. The predicted octanol–water partition coefficient (Wildman–Crippen LogP) is 2.21. The summed E-state index contributed by atoms with van der Waals surface area (Å²) in [6.07, 6.45) is 8.36. The fourth-order valence-electron chi connectivity index (χ4n) is 2.72. The molecule has 5 nitrogen and oxygen atoms in total. The van der Waals surface area contributed by atoms with E-state index in [9.17, 15) is 9.59 Å². The third-order valence-corrected chi connectivity index (χ3v) is 4.13. The number of likely N-dealkylation sites (tertiary alicyclic amines) is 1. The maximum absolute atomic E-state index is 12.0. The minimum atomic E-state index is -0.463. The van der Waals surface area contributed by atoms with Crippen LogP contribution < -0.4 is 5.32 Å². The van der Waals surface area contributed by atoms with Crippen molar-refractivity contribution in [3.8, 4) is 0 Å². The molecule has 1 heterocycles. The topological polar surface area (TPSA) is 58.6 Å². The van der Waals surface area contributed by atoms with Gasteiger partial charge in [0.05, 0.1) is 6.54 Å². The highest BCUT2D eigenvalue weighted by molar-refractivity contribution is 5.83. The third kappa shape index (κ3) is 6.82. The van der Waals surface area contributed by atoms with Crippen LogP contribution in [0.4, 0.5) is 0 Å². The van der Waals surface area contributed by atoms with Gasteiger partial charge in [-0.25, -0.2) is 0 Å². The smallest absolute Gasteiger partial charge is 0.325 e. The number of carbonyl (C=O) groups excluding carboxylic acids is 2. The molecular formula is C18H28N2O3. The summed E-state index contributed by atoms with van der Waals surface area (Å²) in [5, 5.41) is 2.62. The van der Waals surface area contributed by atoms with Crippen molar-refractivity contribution in [1.29, 1.82) is 0 Å². The standard InChI is InChI=1S/C18H28N2O3/c1-5-8-16(6-2)13-23-18(22)11-19-17(21)12-20-14(3)9-7-10-15(20)4/h5-6,8,14-15H,1-2,7,9-13H2,3-4H3,(H,19,21)/b16-8+. The number of piperidine rings is 1. The lowest BCUT2D eigenvalue weighted by molar-refractivity contribution is -0.143. The van der Waals surface area contributed by atoms with Gasteiger partial charge < -0.3 is 10.1 Å². The van der Waals surface area contributed by atoms with Gasteiger partial charge in [-0.05, 0) is 32.3 Å². The van der Waals surface area contributed by atoms with E-state index in [2.05, 4.69) is 37.2 Å². The lowest BCUT2D eigenvalue weighted by atomic mass is 9.97. The molecule has 1 amide bonds. The van der Waals surface area contributed by atoms with Crippen LogP contribution in [0.3, 0.4) is 0 Å². The number of rotatable bonds is 8. The molecule has 23 heavy (non-hydrogen) atoms. The van der Waals surface area contributed by atoms with E-state index in [1.54, 1.807) is 18.2 Å². The van der Waals surface area contributed by atoms with Crippen molar-refractivity contribution < 1.29 is 14.3 Å². The van der Waals surface area contributed by atoms with Crippen molar-refractivity contribution in [3.05, 3.63) is 37.0 Å². The van der Waals surface area contributed by atoms with Gasteiger partial charge in [0.25, 0.3) is 0 Å². The number of allylic oxidation sites excluding steroid dienone is 2. The van der Waals surface area contributed by atoms with Crippen molar-refractivity contribution in [1.82, 2.24) is 10.2 Å². The van der Waals surface area contributed by atoms with E-state index in [1.165, 1.54) is 6.42 Å². The van der Waals surface area contributed by atoms with E-state index in [1.807, 2.05) is 0 Å².